The van der Waals surface area contributed by atoms with Crippen LogP contribution < -0.4 is 4.74 Å². The van der Waals surface area contributed by atoms with Gasteiger partial charge in [0, 0.05) is 12.5 Å². The fraction of sp³-hybridized carbons (Fsp3) is 0.571. The first-order chi connectivity index (χ1) is 13.4. The summed E-state index contributed by atoms with van der Waals surface area (Å²) in [5, 5.41) is 4.06. The molecule has 1 saturated carbocycles. The molecule has 0 bridgehead atoms. The van der Waals surface area contributed by atoms with E-state index in [2.05, 4.69) is 16.2 Å². The van der Waals surface area contributed by atoms with Crippen LogP contribution in [0.5, 0.6) is 5.75 Å². The molecule has 4 rings (SSSR count). The summed E-state index contributed by atoms with van der Waals surface area (Å²) in [6.45, 7) is 7.50. The zero-order valence-electron chi connectivity index (χ0n) is 16.9. The largest absolute Gasteiger partial charge is 0.496 e. The number of aryl methyl sites for hydroxylation is 1. The van der Waals surface area contributed by atoms with Crippen LogP contribution in [0.4, 0.5) is 0 Å². The van der Waals surface area contributed by atoms with Gasteiger partial charge in [-0.15, -0.1) is 0 Å². The molecule has 1 aliphatic carbocycles. The van der Waals surface area contributed by atoms with E-state index in [-0.39, 0.29) is 17.9 Å². The van der Waals surface area contributed by atoms with E-state index < -0.39 is 5.41 Å². The number of amides is 1. The Morgan fingerprint density at radius 3 is 2.79 bits per heavy atom. The van der Waals surface area contributed by atoms with E-state index in [4.69, 9.17) is 14.0 Å². The number of hydrogen-bond donors (Lipinski definition) is 0. The molecule has 0 spiro atoms. The summed E-state index contributed by atoms with van der Waals surface area (Å²) in [5.74, 6) is 2.24. The van der Waals surface area contributed by atoms with Gasteiger partial charge in [0.15, 0.2) is 0 Å². The average Bonchev–Trinajstić information content (AvgIpc) is 3.36. The molecule has 2 aromatic rings. The summed E-state index contributed by atoms with van der Waals surface area (Å²) in [4.78, 5) is 19.7. The summed E-state index contributed by atoms with van der Waals surface area (Å²) in [5.41, 5.74) is 1.66. The molecule has 28 heavy (non-hydrogen) atoms. The molecule has 0 unspecified atom stereocenters. The predicted octanol–water partition coefficient (Wildman–Crippen LogP) is 3.14. The Balaban J connectivity index is 1.52. The molecule has 150 valence electrons. The summed E-state index contributed by atoms with van der Waals surface area (Å²) in [7, 11) is 1.66. The molecule has 0 N–H and O–H groups in total. The molecule has 1 aliphatic heterocycles. The lowest BCUT2D eigenvalue weighted by Crippen LogP contribution is -2.47. The molecular formula is C21H27N3O4. The lowest BCUT2D eigenvalue weighted by Gasteiger charge is -2.34. The highest BCUT2D eigenvalue weighted by atomic mass is 16.5. The molecule has 2 heterocycles. The number of aromatic nitrogens is 2. The number of morpholine rings is 1. The Bertz CT molecular complexity index is 872. The van der Waals surface area contributed by atoms with Crippen LogP contribution in [0, 0.1) is 6.92 Å². The van der Waals surface area contributed by atoms with E-state index in [0.29, 0.717) is 31.4 Å². The fourth-order valence-corrected chi connectivity index (χ4v) is 3.77. The van der Waals surface area contributed by atoms with Gasteiger partial charge < -0.3 is 18.9 Å². The molecule has 1 atom stereocenters. The zero-order valence-corrected chi connectivity index (χ0v) is 16.9. The maximum Gasteiger partial charge on any atom is 0.233 e. The van der Waals surface area contributed by atoms with Crippen LogP contribution in [0.15, 0.2) is 22.7 Å². The summed E-state index contributed by atoms with van der Waals surface area (Å²) in [6, 6.07) is 6.08. The van der Waals surface area contributed by atoms with Gasteiger partial charge in [0.25, 0.3) is 0 Å². The van der Waals surface area contributed by atoms with Crippen LogP contribution in [-0.4, -0.2) is 47.8 Å². The van der Waals surface area contributed by atoms with Gasteiger partial charge in [-0.2, -0.15) is 4.98 Å². The van der Waals surface area contributed by atoms with E-state index in [1.165, 1.54) is 0 Å². The lowest BCUT2D eigenvalue weighted by molar-refractivity contribution is -0.142. The summed E-state index contributed by atoms with van der Waals surface area (Å²) >= 11 is 0. The fourth-order valence-electron chi connectivity index (χ4n) is 3.77. The number of ether oxygens (including phenoxy) is 2. The topological polar surface area (TPSA) is 77.7 Å². The Labute approximate surface area is 165 Å². The molecule has 0 radical (unpaired) electrons. The Morgan fingerprint density at radius 2 is 2.14 bits per heavy atom. The third-order valence-corrected chi connectivity index (χ3v) is 5.71. The molecule has 1 saturated heterocycles. The average molecular weight is 385 g/mol. The summed E-state index contributed by atoms with van der Waals surface area (Å²) in [6.07, 6.45) is 1.37. The van der Waals surface area contributed by atoms with Crippen molar-refractivity contribution >= 4 is 5.91 Å². The maximum absolute atomic E-state index is 13.4. The first-order valence-corrected chi connectivity index (χ1v) is 9.84. The van der Waals surface area contributed by atoms with E-state index >= 15 is 0 Å². The van der Waals surface area contributed by atoms with Crippen molar-refractivity contribution in [3.05, 3.63) is 41.0 Å². The van der Waals surface area contributed by atoms with Gasteiger partial charge in [0.2, 0.25) is 17.6 Å². The quantitative estimate of drug-likeness (QED) is 0.787. The minimum atomic E-state index is -0.441. The Kier molecular flexibility index (Phi) is 4.87. The standard InChI is InChI=1S/C21H27N3O4/c1-13(2)19-22-18(23-28-19)17-12-24(9-10-27-17)20(25)21(7-8-21)15-6-5-14(3)16(11-15)26-4/h5-6,11,13,17H,7-10,12H2,1-4H3/t17-/m1/s1. The molecule has 7 heteroatoms. The van der Waals surface area contributed by atoms with Crippen molar-refractivity contribution in [2.75, 3.05) is 26.8 Å². The minimum absolute atomic E-state index is 0.152. The number of nitrogens with zero attached hydrogens (tertiary/aromatic N) is 3. The van der Waals surface area contributed by atoms with Gasteiger partial charge >= 0.3 is 0 Å². The van der Waals surface area contributed by atoms with Crippen molar-refractivity contribution in [1.82, 2.24) is 15.0 Å². The van der Waals surface area contributed by atoms with Crippen LogP contribution in [-0.2, 0) is 14.9 Å². The van der Waals surface area contributed by atoms with Crippen molar-refractivity contribution in [1.29, 1.82) is 0 Å². The molecule has 1 aromatic heterocycles. The van der Waals surface area contributed by atoms with E-state index in [9.17, 15) is 4.79 Å². The van der Waals surface area contributed by atoms with Gasteiger partial charge in [-0.25, -0.2) is 0 Å². The predicted molar refractivity (Wildman–Crippen MR) is 102 cm³/mol. The van der Waals surface area contributed by atoms with Crippen LogP contribution >= 0.6 is 0 Å². The van der Waals surface area contributed by atoms with E-state index in [1.54, 1.807) is 7.11 Å². The first-order valence-electron chi connectivity index (χ1n) is 9.84. The molecule has 1 aromatic carbocycles. The number of methoxy groups -OCH3 is 1. The highest BCUT2D eigenvalue weighted by Crippen LogP contribution is 2.51. The van der Waals surface area contributed by atoms with Crippen molar-refractivity contribution in [2.45, 2.75) is 51.0 Å². The van der Waals surface area contributed by atoms with Crippen molar-refractivity contribution in [2.24, 2.45) is 0 Å². The second kappa shape index (κ2) is 7.20. The Morgan fingerprint density at radius 1 is 1.36 bits per heavy atom. The van der Waals surface area contributed by atoms with Crippen LogP contribution in [0.1, 0.15) is 61.6 Å². The molecule has 2 aliphatic rings. The van der Waals surface area contributed by atoms with Crippen LogP contribution in [0.2, 0.25) is 0 Å². The maximum atomic E-state index is 13.4. The van der Waals surface area contributed by atoms with Gasteiger partial charge in [-0.1, -0.05) is 31.1 Å². The number of carbonyl (C=O) groups excluding carboxylic acids is 1. The highest BCUT2D eigenvalue weighted by molar-refractivity contribution is 5.91. The molecular weight excluding hydrogens is 358 g/mol. The van der Waals surface area contributed by atoms with Crippen LogP contribution in [0.25, 0.3) is 0 Å². The number of rotatable bonds is 5. The third kappa shape index (κ3) is 3.28. The molecule has 2 fully saturated rings. The van der Waals surface area contributed by atoms with Gasteiger partial charge in [-0.05, 0) is 37.0 Å². The number of hydrogen-bond acceptors (Lipinski definition) is 6. The summed E-state index contributed by atoms with van der Waals surface area (Å²) < 4.78 is 16.6. The second-order valence-corrected chi connectivity index (χ2v) is 8.02. The monoisotopic (exact) mass is 385 g/mol. The van der Waals surface area contributed by atoms with E-state index in [1.807, 2.05) is 37.8 Å². The van der Waals surface area contributed by atoms with E-state index in [0.717, 1.165) is 29.7 Å². The number of carbonyl (C=O) groups is 1. The van der Waals surface area contributed by atoms with Crippen molar-refractivity contribution in [3.63, 3.8) is 0 Å². The Hall–Kier alpha value is -2.41. The first kappa shape index (κ1) is 18.9. The lowest BCUT2D eigenvalue weighted by atomic mass is 9.92. The smallest absolute Gasteiger partial charge is 0.233 e. The van der Waals surface area contributed by atoms with Gasteiger partial charge in [0.1, 0.15) is 11.9 Å². The highest BCUT2D eigenvalue weighted by Gasteiger charge is 2.53. The molecule has 1 amide bonds. The van der Waals surface area contributed by atoms with Gasteiger partial charge in [-0.3, -0.25) is 4.79 Å². The number of benzene rings is 1. The zero-order chi connectivity index (χ0) is 19.9. The van der Waals surface area contributed by atoms with Crippen molar-refractivity contribution in [3.8, 4) is 5.75 Å². The minimum Gasteiger partial charge on any atom is -0.496 e. The normalized spacial score (nSPS) is 21.0. The molecule has 7 nitrogen and oxygen atoms in total. The van der Waals surface area contributed by atoms with Crippen LogP contribution in [0.3, 0.4) is 0 Å². The second-order valence-electron chi connectivity index (χ2n) is 8.02. The third-order valence-electron chi connectivity index (χ3n) is 5.71. The van der Waals surface area contributed by atoms with Crippen molar-refractivity contribution < 1.29 is 18.8 Å². The SMILES string of the molecule is COc1cc(C2(C(=O)N3CCO[C@@H](c4noc(C(C)C)n4)C3)CC2)ccc1C. The van der Waals surface area contributed by atoms with Gasteiger partial charge in [0.05, 0.1) is 25.7 Å².